The van der Waals surface area contributed by atoms with E-state index in [2.05, 4.69) is 42.9 Å². The van der Waals surface area contributed by atoms with Crippen molar-refractivity contribution in [3.63, 3.8) is 0 Å². The second kappa shape index (κ2) is 7.24. The molecule has 20 heavy (non-hydrogen) atoms. The Morgan fingerprint density at radius 1 is 1.25 bits per heavy atom. The molecule has 2 fully saturated rings. The van der Waals surface area contributed by atoms with Crippen molar-refractivity contribution in [3.05, 3.63) is 0 Å². The molecule has 0 aromatic rings. The van der Waals surface area contributed by atoms with Crippen molar-refractivity contribution in [2.75, 3.05) is 33.2 Å². The lowest BCUT2D eigenvalue weighted by molar-refractivity contribution is 0.0865. The zero-order chi connectivity index (χ0) is 14.6. The third kappa shape index (κ3) is 4.19. The average molecular weight is 281 g/mol. The van der Waals surface area contributed by atoms with Gasteiger partial charge in [0.2, 0.25) is 0 Å². The first kappa shape index (κ1) is 16.3. The van der Waals surface area contributed by atoms with E-state index in [0.29, 0.717) is 17.6 Å². The molecule has 1 atom stereocenters. The summed E-state index contributed by atoms with van der Waals surface area (Å²) < 4.78 is 0. The van der Waals surface area contributed by atoms with Gasteiger partial charge >= 0.3 is 0 Å². The molecule has 1 aliphatic heterocycles. The van der Waals surface area contributed by atoms with Gasteiger partial charge in [0, 0.05) is 30.7 Å². The Hall–Kier alpha value is -0.120. The van der Waals surface area contributed by atoms with Crippen LogP contribution in [0.5, 0.6) is 0 Å². The minimum absolute atomic E-state index is 0.473. The number of piperazine rings is 1. The van der Waals surface area contributed by atoms with Gasteiger partial charge in [-0.25, -0.2) is 0 Å². The minimum atomic E-state index is 0.473. The highest BCUT2D eigenvalue weighted by Gasteiger charge is 2.39. The van der Waals surface area contributed by atoms with Crippen LogP contribution < -0.4 is 5.32 Å². The van der Waals surface area contributed by atoms with E-state index in [1.54, 1.807) is 0 Å². The van der Waals surface area contributed by atoms with E-state index >= 15 is 0 Å². The zero-order valence-corrected chi connectivity index (χ0v) is 14.1. The quantitative estimate of drug-likeness (QED) is 0.755. The zero-order valence-electron chi connectivity index (χ0n) is 14.1. The number of unbranched alkanes of at least 4 members (excludes halogenated alkanes) is 1. The van der Waals surface area contributed by atoms with Gasteiger partial charge in [-0.15, -0.1) is 0 Å². The number of nitrogens with one attached hydrogen (secondary N) is 1. The van der Waals surface area contributed by atoms with Crippen LogP contribution in [-0.4, -0.2) is 60.6 Å². The second-order valence-corrected chi connectivity index (χ2v) is 7.47. The molecule has 0 aromatic heterocycles. The monoisotopic (exact) mass is 281 g/mol. The van der Waals surface area contributed by atoms with Crippen LogP contribution in [0.2, 0.25) is 0 Å². The minimum Gasteiger partial charge on any atom is -0.308 e. The maximum atomic E-state index is 3.85. The second-order valence-electron chi connectivity index (χ2n) is 7.47. The molecule has 1 unspecified atom stereocenters. The van der Waals surface area contributed by atoms with E-state index in [9.17, 15) is 0 Å². The summed E-state index contributed by atoms with van der Waals surface area (Å²) in [6.07, 6.45) is 8.32. The summed E-state index contributed by atoms with van der Waals surface area (Å²) in [6.45, 7) is 11.9. The van der Waals surface area contributed by atoms with E-state index in [-0.39, 0.29) is 0 Å². The summed E-state index contributed by atoms with van der Waals surface area (Å²) in [5, 5.41) is 3.85. The maximum Gasteiger partial charge on any atom is 0.0309 e. The van der Waals surface area contributed by atoms with Crippen LogP contribution in [0.1, 0.15) is 59.3 Å². The van der Waals surface area contributed by atoms with Gasteiger partial charge in [0.1, 0.15) is 0 Å². The largest absolute Gasteiger partial charge is 0.308 e. The summed E-state index contributed by atoms with van der Waals surface area (Å²) in [6, 6.07) is 1.39. The molecule has 118 valence electrons. The van der Waals surface area contributed by atoms with Gasteiger partial charge in [-0.1, -0.05) is 12.8 Å². The Morgan fingerprint density at radius 2 is 1.95 bits per heavy atom. The fourth-order valence-corrected chi connectivity index (χ4v) is 3.71. The lowest BCUT2D eigenvalue weighted by Crippen LogP contribution is -2.62. The summed E-state index contributed by atoms with van der Waals surface area (Å²) in [5.41, 5.74) is 0.473. The third-order valence-electron chi connectivity index (χ3n) is 5.55. The number of hydrogen-bond donors (Lipinski definition) is 1. The lowest BCUT2D eigenvalue weighted by atomic mass is 9.92. The predicted octanol–water partition coefficient (Wildman–Crippen LogP) is 2.71. The Bertz CT molecular complexity index is 284. The van der Waals surface area contributed by atoms with Crippen LogP contribution in [0.25, 0.3) is 0 Å². The summed E-state index contributed by atoms with van der Waals surface area (Å²) in [4.78, 5) is 5.21. The molecule has 2 aliphatic rings. The van der Waals surface area contributed by atoms with Gasteiger partial charge in [0.05, 0.1) is 0 Å². The summed E-state index contributed by atoms with van der Waals surface area (Å²) in [7, 11) is 2.24. The van der Waals surface area contributed by atoms with Crippen molar-refractivity contribution in [2.24, 2.45) is 0 Å². The van der Waals surface area contributed by atoms with Gasteiger partial charge in [-0.05, 0) is 66.6 Å². The van der Waals surface area contributed by atoms with E-state index < -0.39 is 0 Å². The predicted molar refractivity (Wildman–Crippen MR) is 87.2 cm³/mol. The molecule has 0 bridgehead atoms. The van der Waals surface area contributed by atoms with Gasteiger partial charge in [-0.3, -0.25) is 4.90 Å². The van der Waals surface area contributed by atoms with Crippen LogP contribution >= 0.6 is 0 Å². The van der Waals surface area contributed by atoms with Crippen molar-refractivity contribution in [1.82, 2.24) is 15.1 Å². The molecule has 1 spiro atoms. The first-order valence-electron chi connectivity index (χ1n) is 8.72. The standard InChI is InChI=1S/C17H35N3/c1-15(2)19(4)11-7-8-12-20-14-17(9-5-6-10-17)18-13-16(20)3/h15-16,18H,5-14H2,1-4H3. The summed E-state index contributed by atoms with van der Waals surface area (Å²) in [5.74, 6) is 0. The van der Waals surface area contributed by atoms with Gasteiger partial charge in [0.25, 0.3) is 0 Å². The van der Waals surface area contributed by atoms with Crippen molar-refractivity contribution >= 4 is 0 Å². The molecule has 0 radical (unpaired) electrons. The summed E-state index contributed by atoms with van der Waals surface area (Å²) >= 11 is 0. The normalized spacial score (nSPS) is 27.0. The molecule has 1 saturated heterocycles. The first-order valence-corrected chi connectivity index (χ1v) is 8.72. The molecule has 1 heterocycles. The van der Waals surface area contributed by atoms with Gasteiger partial charge in [0.15, 0.2) is 0 Å². The van der Waals surface area contributed by atoms with Gasteiger partial charge in [-0.2, -0.15) is 0 Å². The smallest absolute Gasteiger partial charge is 0.0309 e. The molecule has 1 saturated carbocycles. The van der Waals surface area contributed by atoms with E-state index in [4.69, 9.17) is 0 Å². The molecular weight excluding hydrogens is 246 g/mol. The van der Waals surface area contributed by atoms with Crippen molar-refractivity contribution in [3.8, 4) is 0 Å². The number of nitrogens with zero attached hydrogens (tertiary/aromatic N) is 2. The molecule has 3 nitrogen and oxygen atoms in total. The molecule has 0 amide bonds. The van der Waals surface area contributed by atoms with Crippen LogP contribution in [-0.2, 0) is 0 Å². The Balaban J connectivity index is 1.71. The van der Waals surface area contributed by atoms with Crippen molar-refractivity contribution in [2.45, 2.75) is 76.9 Å². The molecule has 1 N–H and O–H groups in total. The van der Waals surface area contributed by atoms with E-state index in [0.717, 1.165) is 0 Å². The van der Waals surface area contributed by atoms with E-state index in [1.165, 1.54) is 64.7 Å². The fourth-order valence-electron chi connectivity index (χ4n) is 3.71. The van der Waals surface area contributed by atoms with Crippen LogP contribution in [0.3, 0.4) is 0 Å². The highest BCUT2D eigenvalue weighted by atomic mass is 15.2. The molecular formula is C17H35N3. The fraction of sp³-hybridized carbons (Fsp3) is 1.00. The van der Waals surface area contributed by atoms with Crippen LogP contribution in [0.15, 0.2) is 0 Å². The lowest BCUT2D eigenvalue weighted by Gasteiger charge is -2.45. The number of hydrogen-bond acceptors (Lipinski definition) is 3. The van der Waals surface area contributed by atoms with Crippen molar-refractivity contribution in [1.29, 1.82) is 0 Å². The Morgan fingerprint density at radius 3 is 2.60 bits per heavy atom. The topological polar surface area (TPSA) is 18.5 Å². The molecule has 1 aliphatic carbocycles. The Labute approximate surface area is 126 Å². The molecule has 2 rings (SSSR count). The van der Waals surface area contributed by atoms with E-state index in [1.807, 2.05) is 0 Å². The SMILES string of the molecule is CC(C)N(C)CCCCN1CC2(CCCC2)NCC1C. The first-order chi connectivity index (χ1) is 9.52. The highest BCUT2D eigenvalue weighted by molar-refractivity contribution is 5.00. The van der Waals surface area contributed by atoms with Crippen LogP contribution in [0.4, 0.5) is 0 Å². The van der Waals surface area contributed by atoms with Crippen molar-refractivity contribution < 1.29 is 0 Å². The average Bonchev–Trinajstić information content (AvgIpc) is 2.87. The molecule has 3 heteroatoms. The number of rotatable bonds is 6. The van der Waals surface area contributed by atoms with Gasteiger partial charge < -0.3 is 10.2 Å². The molecule has 0 aromatic carbocycles. The third-order valence-corrected chi connectivity index (χ3v) is 5.55. The maximum absolute atomic E-state index is 3.85. The van der Waals surface area contributed by atoms with Crippen LogP contribution in [0, 0.1) is 0 Å². The Kier molecular flexibility index (Phi) is 5.88. The highest BCUT2D eigenvalue weighted by Crippen LogP contribution is 2.33.